The van der Waals surface area contributed by atoms with E-state index in [-0.39, 0.29) is 5.92 Å². The smallest absolute Gasteiger partial charge is 0.456 e. The van der Waals surface area contributed by atoms with E-state index in [4.69, 9.17) is 5.73 Å². The van der Waals surface area contributed by atoms with E-state index < -0.39 is 24.2 Å². The molecule has 1 aliphatic rings. The summed E-state index contributed by atoms with van der Waals surface area (Å²) in [5.74, 6) is -2.41. The summed E-state index contributed by atoms with van der Waals surface area (Å²) < 4.78 is 41.7. The molecule has 31 heavy (non-hydrogen) atoms. The van der Waals surface area contributed by atoms with E-state index in [9.17, 15) is 22.8 Å². The second kappa shape index (κ2) is 9.96. The second-order valence-electron chi connectivity index (χ2n) is 7.83. The highest BCUT2D eigenvalue weighted by atomic mass is 19.4. The molecule has 0 spiro atoms. The Morgan fingerprint density at radius 1 is 1.06 bits per heavy atom. The molecule has 2 aromatic rings. The van der Waals surface area contributed by atoms with Crippen molar-refractivity contribution >= 4 is 11.9 Å². The monoisotopic (exact) mass is 434 g/mol. The largest absolute Gasteiger partial charge is 0.490 e. The Kier molecular flexibility index (Phi) is 7.33. The molecule has 5 nitrogen and oxygen atoms in total. The molecule has 1 saturated carbocycles. The minimum Gasteiger partial charge on any atom is -0.456 e. The molecule has 0 bridgehead atoms. The van der Waals surface area contributed by atoms with Crippen molar-refractivity contribution in [2.45, 2.75) is 44.5 Å². The van der Waals surface area contributed by atoms with Gasteiger partial charge in [-0.3, -0.25) is 4.79 Å². The third-order valence-corrected chi connectivity index (χ3v) is 5.44. The fourth-order valence-corrected chi connectivity index (χ4v) is 3.84. The summed E-state index contributed by atoms with van der Waals surface area (Å²) in [6.07, 6.45) is -3.09. The highest BCUT2D eigenvalue weighted by Crippen LogP contribution is 2.28. The SMILES string of the molecule is NC(=O)c1cccc(-c2ccc(CNCC3CCCC(OC(=O)C(F)(F)F)C3)cc2)c1. The molecule has 1 aliphatic carbocycles. The van der Waals surface area contributed by atoms with Gasteiger partial charge in [-0.15, -0.1) is 0 Å². The number of halogens is 3. The molecule has 1 fully saturated rings. The van der Waals surface area contributed by atoms with Crippen LogP contribution in [0.5, 0.6) is 0 Å². The topological polar surface area (TPSA) is 81.4 Å². The molecule has 166 valence electrons. The van der Waals surface area contributed by atoms with Crippen molar-refractivity contribution in [3.63, 3.8) is 0 Å². The van der Waals surface area contributed by atoms with E-state index in [1.165, 1.54) is 0 Å². The van der Waals surface area contributed by atoms with Gasteiger partial charge in [0.25, 0.3) is 0 Å². The quantitative estimate of drug-likeness (QED) is 0.640. The summed E-state index contributed by atoms with van der Waals surface area (Å²) in [5.41, 5.74) is 8.71. The number of amides is 1. The molecular weight excluding hydrogens is 409 g/mol. The molecule has 0 saturated heterocycles. The first-order valence-electron chi connectivity index (χ1n) is 10.2. The number of esters is 1. The van der Waals surface area contributed by atoms with Crippen LogP contribution in [0.3, 0.4) is 0 Å². The zero-order valence-corrected chi connectivity index (χ0v) is 17.0. The number of nitrogens with one attached hydrogen (secondary N) is 1. The van der Waals surface area contributed by atoms with Crippen molar-refractivity contribution in [2.24, 2.45) is 11.7 Å². The number of benzene rings is 2. The molecule has 0 aromatic heterocycles. The van der Waals surface area contributed by atoms with E-state index in [0.29, 0.717) is 31.5 Å². The lowest BCUT2D eigenvalue weighted by Gasteiger charge is -2.29. The molecule has 3 N–H and O–H groups in total. The maximum absolute atomic E-state index is 12.4. The number of primary amides is 1. The Morgan fingerprint density at radius 3 is 2.48 bits per heavy atom. The predicted octanol–water partition coefficient (Wildman–Crippen LogP) is 4.21. The highest BCUT2D eigenvalue weighted by Gasteiger charge is 2.42. The lowest BCUT2D eigenvalue weighted by Crippen LogP contribution is -2.35. The number of hydrogen-bond donors (Lipinski definition) is 2. The molecular formula is C23H25F3N2O3. The van der Waals surface area contributed by atoms with Gasteiger partial charge in [0.1, 0.15) is 6.10 Å². The lowest BCUT2D eigenvalue weighted by molar-refractivity contribution is -0.206. The zero-order chi connectivity index (χ0) is 22.4. The van der Waals surface area contributed by atoms with Crippen molar-refractivity contribution in [1.82, 2.24) is 5.32 Å². The van der Waals surface area contributed by atoms with Crippen LogP contribution in [0.2, 0.25) is 0 Å². The molecule has 0 radical (unpaired) electrons. The molecule has 1 amide bonds. The summed E-state index contributed by atoms with van der Waals surface area (Å²) in [7, 11) is 0. The fourth-order valence-electron chi connectivity index (χ4n) is 3.84. The number of alkyl halides is 3. The van der Waals surface area contributed by atoms with Gasteiger partial charge in [0.15, 0.2) is 0 Å². The first-order valence-corrected chi connectivity index (χ1v) is 10.2. The van der Waals surface area contributed by atoms with Gasteiger partial charge in [0.05, 0.1) is 0 Å². The van der Waals surface area contributed by atoms with E-state index in [1.807, 2.05) is 30.3 Å². The molecule has 3 rings (SSSR count). The van der Waals surface area contributed by atoms with Gasteiger partial charge in [-0.05, 0) is 67.0 Å². The number of carbonyl (C=O) groups excluding carboxylic acids is 2. The Morgan fingerprint density at radius 2 is 1.81 bits per heavy atom. The van der Waals surface area contributed by atoms with Gasteiger partial charge >= 0.3 is 12.1 Å². The average Bonchev–Trinajstić information content (AvgIpc) is 2.74. The molecule has 2 aromatic carbocycles. The molecule has 8 heteroatoms. The van der Waals surface area contributed by atoms with Crippen LogP contribution in [-0.2, 0) is 16.1 Å². The van der Waals surface area contributed by atoms with Crippen molar-refractivity contribution in [3.8, 4) is 11.1 Å². The van der Waals surface area contributed by atoms with E-state index in [1.54, 1.807) is 18.2 Å². The van der Waals surface area contributed by atoms with Gasteiger partial charge in [-0.2, -0.15) is 13.2 Å². The van der Waals surface area contributed by atoms with Crippen LogP contribution in [0.25, 0.3) is 11.1 Å². The highest BCUT2D eigenvalue weighted by molar-refractivity contribution is 5.94. The lowest BCUT2D eigenvalue weighted by atomic mass is 9.87. The van der Waals surface area contributed by atoms with Crippen LogP contribution in [0.15, 0.2) is 48.5 Å². The maximum atomic E-state index is 12.4. The minimum absolute atomic E-state index is 0.163. The van der Waals surface area contributed by atoms with Crippen LogP contribution in [0, 0.1) is 5.92 Å². The summed E-state index contributed by atoms with van der Waals surface area (Å²) in [6.45, 7) is 1.26. The Balaban J connectivity index is 1.48. The summed E-state index contributed by atoms with van der Waals surface area (Å²) in [4.78, 5) is 22.4. The third-order valence-electron chi connectivity index (χ3n) is 5.44. The van der Waals surface area contributed by atoms with Crippen LogP contribution >= 0.6 is 0 Å². The van der Waals surface area contributed by atoms with Crippen LogP contribution in [0.1, 0.15) is 41.6 Å². The second-order valence-corrected chi connectivity index (χ2v) is 7.83. The number of carbonyl (C=O) groups is 2. The minimum atomic E-state index is -4.95. The molecule has 2 atom stereocenters. The van der Waals surface area contributed by atoms with Crippen molar-refractivity contribution in [2.75, 3.05) is 6.54 Å². The summed E-state index contributed by atoms with van der Waals surface area (Å²) in [5, 5.41) is 3.33. The summed E-state index contributed by atoms with van der Waals surface area (Å²) >= 11 is 0. The first kappa shape index (κ1) is 22.8. The molecule has 0 heterocycles. The number of rotatable bonds is 7. The van der Waals surface area contributed by atoms with E-state index in [0.717, 1.165) is 29.5 Å². The molecule has 2 unspecified atom stereocenters. The van der Waals surface area contributed by atoms with Crippen LogP contribution in [-0.4, -0.2) is 30.7 Å². The Labute approximate surface area is 178 Å². The van der Waals surface area contributed by atoms with Gasteiger partial charge in [-0.25, -0.2) is 4.79 Å². The van der Waals surface area contributed by atoms with Gasteiger partial charge < -0.3 is 15.8 Å². The average molecular weight is 434 g/mol. The van der Waals surface area contributed by atoms with Crippen molar-refractivity contribution < 1.29 is 27.5 Å². The van der Waals surface area contributed by atoms with E-state index in [2.05, 4.69) is 10.1 Å². The van der Waals surface area contributed by atoms with Gasteiger partial charge in [0.2, 0.25) is 5.91 Å². The van der Waals surface area contributed by atoms with Crippen molar-refractivity contribution in [1.29, 1.82) is 0 Å². The Hall–Kier alpha value is -2.87. The van der Waals surface area contributed by atoms with Crippen LogP contribution < -0.4 is 11.1 Å². The number of nitrogens with two attached hydrogens (primary N) is 1. The predicted molar refractivity (Wildman–Crippen MR) is 110 cm³/mol. The maximum Gasteiger partial charge on any atom is 0.490 e. The molecule has 0 aliphatic heterocycles. The van der Waals surface area contributed by atoms with Crippen LogP contribution in [0.4, 0.5) is 13.2 Å². The fraction of sp³-hybridized carbons (Fsp3) is 0.391. The first-order chi connectivity index (χ1) is 14.7. The van der Waals surface area contributed by atoms with Gasteiger partial charge in [0, 0.05) is 12.1 Å². The normalized spacial score (nSPS) is 19.1. The third kappa shape index (κ3) is 6.55. The standard InChI is InChI=1S/C23H25F3N2O3/c24-23(25,26)22(30)31-20-6-1-3-16(11-20)14-28-13-15-7-9-17(10-8-15)18-4-2-5-19(12-18)21(27)29/h2,4-5,7-10,12,16,20,28H,1,3,6,11,13-14H2,(H2,27,29). The zero-order valence-electron chi connectivity index (χ0n) is 17.0. The van der Waals surface area contributed by atoms with E-state index >= 15 is 0 Å². The summed E-state index contributed by atoms with van der Waals surface area (Å²) in [6, 6.07) is 15.0. The van der Waals surface area contributed by atoms with Crippen molar-refractivity contribution in [3.05, 3.63) is 59.7 Å². The number of hydrogen-bond acceptors (Lipinski definition) is 4. The number of ether oxygens (including phenoxy) is 1. The Bertz CT molecular complexity index is 913. The van der Waals surface area contributed by atoms with Gasteiger partial charge in [-0.1, -0.05) is 36.4 Å².